The Morgan fingerprint density at radius 1 is 0.548 bits per heavy atom. The monoisotopic (exact) mass is 542 g/mol. The first-order chi connectivity index (χ1) is 20.8. The van der Waals surface area contributed by atoms with Gasteiger partial charge in [0.2, 0.25) is 0 Å². The van der Waals surface area contributed by atoms with Gasteiger partial charge in [-0.25, -0.2) is 0 Å². The van der Waals surface area contributed by atoms with E-state index in [4.69, 9.17) is 0 Å². The fourth-order valence-corrected chi connectivity index (χ4v) is 7.31. The molecule has 204 valence electrons. The van der Waals surface area contributed by atoms with Crippen LogP contribution in [0.1, 0.15) is 38.2 Å². The molecule has 1 atom stereocenters. The lowest BCUT2D eigenvalue weighted by Gasteiger charge is -2.27. The zero-order valence-electron chi connectivity index (χ0n) is 24.0. The fraction of sp³-hybridized carbons (Fsp3) is 0.150. The van der Waals surface area contributed by atoms with E-state index in [1.54, 1.807) is 0 Å². The number of allylic oxidation sites excluding steroid dienone is 7. The molecule has 0 aromatic heterocycles. The summed E-state index contributed by atoms with van der Waals surface area (Å²) < 4.78 is 0. The van der Waals surface area contributed by atoms with Gasteiger partial charge in [0.15, 0.2) is 0 Å². The van der Waals surface area contributed by atoms with Crippen molar-refractivity contribution in [2.75, 3.05) is 4.90 Å². The second kappa shape index (κ2) is 10.2. The zero-order valence-corrected chi connectivity index (χ0v) is 24.0. The van der Waals surface area contributed by atoms with E-state index in [1.807, 2.05) is 0 Å². The maximum Gasteiger partial charge on any atom is 0.101 e. The smallest absolute Gasteiger partial charge is 0.101 e. The van der Waals surface area contributed by atoms with Gasteiger partial charge in [-0.1, -0.05) is 109 Å². The molecule has 8 rings (SSSR count). The Bertz CT molecular complexity index is 1900. The number of nitrogens with one attached hydrogen (secondary N) is 1. The molecule has 0 saturated carbocycles. The number of anilines is 1. The quantitative estimate of drug-likeness (QED) is 0.227. The SMILES string of the molecule is CC1NC2=C(C=C(C3=CC=C(c4c5ccccc5c(-c5ccccc5)c5ccccc45)CC3)CC2)N1c1ccccc1. The van der Waals surface area contributed by atoms with Crippen LogP contribution in [0.3, 0.4) is 0 Å². The van der Waals surface area contributed by atoms with Crippen LogP contribution in [0, 0.1) is 0 Å². The predicted octanol–water partition coefficient (Wildman–Crippen LogP) is 10.2. The van der Waals surface area contributed by atoms with Crippen LogP contribution < -0.4 is 10.2 Å². The molecule has 0 radical (unpaired) electrons. The Morgan fingerprint density at radius 3 is 1.69 bits per heavy atom. The van der Waals surface area contributed by atoms with Crippen molar-refractivity contribution in [3.8, 4) is 11.1 Å². The molecule has 2 aliphatic carbocycles. The highest BCUT2D eigenvalue weighted by Gasteiger charge is 2.31. The molecule has 0 saturated heterocycles. The van der Waals surface area contributed by atoms with Crippen LogP contribution in [0.25, 0.3) is 38.2 Å². The molecule has 1 unspecified atom stereocenters. The van der Waals surface area contributed by atoms with Gasteiger partial charge in [-0.2, -0.15) is 0 Å². The normalized spacial score (nSPS) is 18.5. The van der Waals surface area contributed by atoms with Crippen molar-refractivity contribution >= 4 is 32.8 Å². The van der Waals surface area contributed by atoms with E-state index < -0.39 is 0 Å². The number of fused-ring (bicyclic) bond motifs is 2. The number of benzene rings is 5. The number of hydrogen-bond donors (Lipinski definition) is 1. The predicted molar refractivity (Wildman–Crippen MR) is 178 cm³/mol. The summed E-state index contributed by atoms with van der Waals surface area (Å²) in [6.07, 6.45) is 11.8. The molecule has 3 aliphatic rings. The van der Waals surface area contributed by atoms with E-state index in [9.17, 15) is 0 Å². The van der Waals surface area contributed by atoms with Crippen molar-refractivity contribution < 1.29 is 0 Å². The van der Waals surface area contributed by atoms with Crippen LogP contribution in [0.15, 0.2) is 150 Å². The third-order valence-electron chi connectivity index (χ3n) is 9.21. The third kappa shape index (κ3) is 4.10. The Labute approximate surface area is 248 Å². The molecule has 0 fully saturated rings. The van der Waals surface area contributed by atoms with E-state index in [0.29, 0.717) is 0 Å². The summed E-state index contributed by atoms with van der Waals surface area (Å²) in [5.74, 6) is 0. The topological polar surface area (TPSA) is 15.3 Å². The number of rotatable bonds is 4. The van der Waals surface area contributed by atoms with Crippen LogP contribution >= 0.6 is 0 Å². The second-order valence-corrected chi connectivity index (χ2v) is 11.7. The van der Waals surface area contributed by atoms with Gasteiger partial charge in [0.25, 0.3) is 0 Å². The lowest BCUT2D eigenvalue weighted by Crippen LogP contribution is -2.34. The summed E-state index contributed by atoms with van der Waals surface area (Å²) in [7, 11) is 0. The third-order valence-corrected chi connectivity index (χ3v) is 9.21. The zero-order chi connectivity index (χ0) is 28.0. The summed E-state index contributed by atoms with van der Waals surface area (Å²) in [4.78, 5) is 2.45. The molecule has 1 N–H and O–H groups in total. The number of para-hydroxylation sites is 1. The van der Waals surface area contributed by atoms with Gasteiger partial charge in [0.1, 0.15) is 6.17 Å². The lowest BCUT2D eigenvalue weighted by molar-refractivity contribution is 0.648. The maximum atomic E-state index is 3.74. The molecule has 5 aromatic carbocycles. The van der Waals surface area contributed by atoms with E-state index >= 15 is 0 Å². The Morgan fingerprint density at radius 2 is 1.07 bits per heavy atom. The number of hydrogen-bond acceptors (Lipinski definition) is 2. The molecule has 1 aliphatic heterocycles. The van der Waals surface area contributed by atoms with Crippen LogP contribution in [0.2, 0.25) is 0 Å². The average molecular weight is 543 g/mol. The molecule has 2 heteroatoms. The summed E-state index contributed by atoms with van der Waals surface area (Å²) in [5, 5.41) is 9.07. The molecule has 1 heterocycles. The molecule has 5 aromatic rings. The van der Waals surface area contributed by atoms with Gasteiger partial charge in [0, 0.05) is 11.4 Å². The fourth-order valence-electron chi connectivity index (χ4n) is 7.31. The molecule has 0 spiro atoms. The highest BCUT2D eigenvalue weighted by atomic mass is 15.3. The summed E-state index contributed by atoms with van der Waals surface area (Å²) in [6.45, 7) is 2.26. The minimum Gasteiger partial charge on any atom is -0.367 e. The minimum atomic E-state index is 0.264. The first-order valence-corrected chi connectivity index (χ1v) is 15.2. The maximum absolute atomic E-state index is 3.74. The Hall–Kier alpha value is -4.82. The highest BCUT2D eigenvalue weighted by molar-refractivity contribution is 6.18. The van der Waals surface area contributed by atoms with Crippen molar-refractivity contribution in [2.24, 2.45) is 0 Å². The first kappa shape index (κ1) is 24.9. The van der Waals surface area contributed by atoms with E-state index in [-0.39, 0.29) is 6.17 Å². The van der Waals surface area contributed by atoms with Gasteiger partial charge in [-0.3, -0.25) is 0 Å². The van der Waals surface area contributed by atoms with Crippen molar-refractivity contribution in [1.29, 1.82) is 0 Å². The minimum absolute atomic E-state index is 0.264. The first-order valence-electron chi connectivity index (χ1n) is 15.2. The van der Waals surface area contributed by atoms with Crippen molar-refractivity contribution in [2.45, 2.75) is 38.8 Å². The van der Waals surface area contributed by atoms with Crippen LogP contribution in [-0.4, -0.2) is 6.17 Å². The van der Waals surface area contributed by atoms with Crippen molar-refractivity contribution in [3.05, 3.63) is 156 Å². The largest absolute Gasteiger partial charge is 0.367 e. The van der Waals surface area contributed by atoms with Gasteiger partial charge in [-0.15, -0.1) is 0 Å². The van der Waals surface area contributed by atoms with Crippen LogP contribution in [0.4, 0.5) is 5.69 Å². The molecular weight excluding hydrogens is 508 g/mol. The Balaban J connectivity index is 1.22. The molecular formula is C40H34N2. The van der Waals surface area contributed by atoms with Crippen LogP contribution in [0.5, 0.6) is 0 Å². The van der Waals surface area contributed by atoms with Gasteiger partial charge < -0.3 is 10.2 Å². The summed E-state index contributed by atoms with van der Waals surface area (Å²) >= 11 is 0. The van der Waals surface area contributed by atoms with E-state index in [0.717, 1.165) is 25.7 Å². The molecule has 0 bridgehead atoms. The van der Waals surface area contributed by atoms with E-state index in [1.165, 1.54) is 72.0 Å². The van der Waals surface area contributed by atoms with E-state index in [2.05, 4.69) is 145 Å². The summed E-state index contributed by atoms with van der Waals surface area (Å²) in [6, 6.07) is 39.6. The highest BCUT2D eigenvalue weighted by Crippen LogP contribution is 2.45. The van der Waals surface area contributed by atoms with Gasteiger partial charge in [0.05, 0.1) is 5.70 Å². The van der Waals surface area contributed by atoms with Gasteiger partial charge >= 0.3 is 0 Å². The Kier molecular flexibility index (Phi) is 6.07. The standard InChI is InChI=1S/C40H34N2/c1-27-41-37-25-24-31(26-38(37)42(27)32-14-6-3-7-15-32)28-20-22-30(23-21-28)40-35-18-10-8-16-33(35)39(29-12-4-2-5-13-29)34-17-9-11-19-36(34)40/h2-20,22,26-27,41H,21,23-25H2,1H3. The summed E-state index contributed by atoms with van der Waals surface area (Å²) in [5.41, 5.74) is 12.3. The van der Waals surface area contributed by atoms with Gasteiger partial charge in [-0.05, 0) is 106 Å². The molecule has 42 heavy (non-hydrogen) atoms. The van der Waals surface area contributed by atoms with Crippen molar-refractivity contribution in [3.63, 3.8) is 0 Å². The second-order valence-electron chi connectivity index (χ2n) is 11.7. The molecule has 2 nitrogen and oxygen atoms in total. The number of nitrogens with zero attached hydrogens (tertiary/aromatic N) is 1. The lowest BCUT2D eigenvalue weighted by atomic mass is 9.81. The van der Waals surface area contributed by atoms with Crippen LogP contribution in [-0.2, 0) is 0 Å². The van der Waals surface area contributed by atoms with Crippen molar-refractivity contribution in [1.82, 2.24) is 5.32 Å². The molecule has 0 amide bonds. The average Bonchev–Trinajstić information content (AvgIpc) is 3.39.